The average molecular weight is 415 g/mol. The van der Waals surface area contributed by atoms with E-state index in [9.17, 15) is 14.4 Å². The minimum absolute atomic E-state index is 0.0960. The van der Waals surface area contributed by atoms with Gasteiger partial charge in [-0.05, 0) is 31.2 Å². The minimum Gasteiger partial charge on any atom is -0.495 e. The van der Waals surface area contributed by atoms with Gasteiger partial charge in [0.15, 0.2) is 12.4 Å². The summed E-state index contributed by atoms with van der Waals surface area (Å²) >= 11 is 0. The molecule has 9 heteroatoms. The highest BCUT2D eigenvalue weighted by Gasteiger charge is 2.25. The Kier molecular flexibility index (Phi) is 6.95. The molecule has 0 saturated carbocycles. The summed E-state index contributed by atoms with van der Waals surface area (Å²) in [4.78, 5) is 40.2. The molecule has 1 aromatic carbocycles. The Morgan fingerprint density at radius 2 is 1.83 bits per heavy atom. The SMILES string of the molecule is COc1ccccc1N1CCN(C(=O)COC(=O)[C@H](C)NC(=O)c2ccco2)CC1. The van der Waals surface area contributed by atoms with Gasteiger partial charge in [0.25, 0.3) is 11.8 Å². The van der Waals surface area contributed by atoms with Crippen molar-refractivity contribution < 1.29 is 28.3 Å². The average Bonchev–Trinajstić information content (AvgIpc) is 3.32. The molecule has 0 spiro atoms. The van der Waals surface area contributed by atoms with Crippen LogP contribution < -0.4 is 15.0 Å². The van der Waals surface area contributed by atoms with Crippen molar-refractivity contribution in [2.45, 2.75) is 13.0 Å². The van der Waals surface area contributed by atoms with Crippen LogP contribution in [0.2, 0.25) is 0 Å². The molecule has 2 heterocycles. The van der Waals surface area contributed by atoms with Gasteiger partial charge >= 0.3 is 5.97 Å². The summed E-state index contributed by atoms with van der Waals surface area (Å²) in [6.45, 7) is 3.44. The van der Waals surface area contributed by atoms with Gasteiger partial charge in [0.05, 0.1) is 19.1 Å². The first-order valence-electron chi connectivity index (χ1n) is 9.66. The van der Waals surface area contributed by atoms with Crippen LogP contribution in [0.15, 0.2) is 47.1 Å². The molecule has 1 aliphatic heterocycles. The number of anilines is 1. The highest BCUT2D eigenvalue weighted by molar-refractivity contribution is 5.94. The van der Waals surface area contributed by atoms with Gasteiger partial charge in [0.1, 0.15) is 11.8 Å². The predicted molar refractivity (Wildman–Crippen MR) is 108 cm³/mol. The molecule has 2 amide bonds. The Hall–Kier alpha value is -3.49. The molecule has 1 saturated heterocycles. The number of hydrogen-bond acceptors (Lipinski definition) is 7. The molecule has 0 unspecified atom stereocenters. The van der Waals surface area contributed by atoms with E-state index in [1.165, 1.54) is 19.3 Å². The normalized spacial score (nSPS) is 14.7. The standard InChI is InChI=1S/C21H25N3O6/c1-15(22-20(26)18-8-5-13-29-18)21(27)30-14-19(25)24-11-9-23(10-12-24)16-6-3-4-7-17(16)28-2/h3-8,13,15H,9-12,14H2,1-2H3,(H,22,26)/t15-/m0/s1. The Morgan fingerprint density at radius 1 is 1.10 bits per heavy atom. The van der Waals surface area contributed by atoms with Crippen molar-refractivity contribution in [1.29, 1.82) is 0 Å². The first kappa shape index (κ1) is 21.2. The van der Waals surface area contributed by atoms with Gasteiger partial charge < -0.3 is 29.0 Å². The van der Waals surface area contributed by atoms with Crippen LogP contribution in [-0.4, -0.2) is 68.6 Å². The molecule has 1 fully saturated rings. The Bertz CT molecular complexity index is 875. The second-order valence-corrected chi connectivity index (χ2v) is 6.82. The van der Waals surface area contributed by atoms with Crippen molar-refractivity contribution in [2.24, 2.45) is 0 Å². The molecule has 0 bridgehead atoms. The third-order valence-electron chi connectivity index (χ3n) is 4.84. The Morgan fingerprint density at radius 3 is 2.50 bits per heavy atom. The van der Waals surface area contributed by atoms with Crippen LogP contribution >= 0.6 is 0 Å². The second-order valence-electron chi connectivity index (χ2n) is 6.82. The van der Waals surface area contributed by atoms with Gasteiger partial charge in [-0.25, -0.2) is 4.79 Å². The van der Waals surface area contributed by atoms with E-state index in [1.807, 2.05) is 24.3 Å². The maximum atomic E-state index is 12.4. The highest BCUT2D eigenvalue weighted by Crippen LogP contribution is 2.28. The number of piperazine rings is 1. The van der Waals surface area contributed by atoms with E-state index < -0.39 is 17.9 Å². The van der Waals surface area contributed by atoms with Gasteiger partial charge in [-0.15, -0.1) is 0 Å². The number of methoxy groups -OCH3 is 1. The second kappa shape index (κ2) is 9.82. The van der Waals surface area contributed by atoms with Crippen LogP contribution in [0.4, 0.5) is 5.69 Å². The zero-order valence-corrected chi connectivity index (χ0v) is 17.0. The molecule has 9 nitrogen and oxygen atoms in total. The predicted octanol–water partition coefficient (Wildman–Crippen LogP) is 1.30. The number of nitrogens with one attached hydrogen (secondary N) is 1. The Labute approximate surface area is 174 Å². The lowest BCUT2D eigenvalue weighted by atomic mass is 10.2. The molecule has 0 aliphatic carbocycles. The summed E-state index contributed by atoms with van der Waals surface area (Å²) in [5.41, 5.74) is 0.986. The zero-order chi connectivity index (χ0) is 21.5. The number of amides is 2. The third kappa shape index (κ3) is 5.11. The van der Waals surface area contributed by atoms with Crippen molar-refractivity contribution in [2.75, 3.05) is 44.8 Å². The number of nitrogens with zero attached hydrogens (tertiary/aromatic N) is 2. The lowest BCUT2D eigenvalue weighted by Gasteiger charge is -2.36. The maximum absolute atomic E-state index is 12.4. The van der Waals surface area contributed by atoms with Gasteiger partial charge in [0, 0.05) is 26.2 Å². The van der Waals surface area contributed by atoms with E-state index in [2.05, 4.69) is 10.2 Å². The fraction of sp³-hybridized carbons (Fsp3) is 0.381. The molecule has 3 rings (SSSR count). The molecular weight excluding hydrogens is 390 g/mol. The Balaban J connectivity index is 1.43. The molecule has 1 aliphatic rings. The van der Waals surface area contributed by atoms with Crippen molar-refractivity contribution in [3.05, 3.63) is 48.4 Å². The third-order valence-corrected chi connectivity index (χ3v) is 4.84. The molecule has 1 aromatic heterocycles. The van der Waals surface area contributed by atoms with Crippen LogP contribution in [0.3, 0.4) is 0 Å². The van der Waals surface area contributed by atoms with Crippen LogP contribution in [0, 0.1) is 0 Å². The summed E-state index contributed by atoms with van der Waals surface area (Å²) in [6, 6.07) is 9.90. The van der Waals surface area contributed by atoms with Gasteiger partial charge in [-0.2, -0.15) is 0 Å². The van der Waals surface area contributed by atoms with Crippen molar-refractivity contribution in [1.82, 2.24) is 10.2 Å². The smallest absolute Gasteiger partial charge is 0.328 e. The number of para-hydroxylation sites is 2. The number of hydrogen-bond donors (Lipinski definition) is 1. The first-order valence-corrected chi connectivity index (χ1v) is 9.66. The maximum Gasteiger partial charge on any atom is 0.328 e. The van der Waals surface area contributed by atoms with Crippen LogP contribution in [0.1, 0.15) is 17.5 Å². The summed E-state index contributed by atoms with van der Waals surface area (Å²) in [5, 5.41) is 2.47. The van der Waals surface area contributed by atoms with E-state index in [-0.39, 0.29) is 18.3 Å². The van der Waals surface area contributed by atoms with E-state index in [0.29, 0.717) is 26.2 Å². The fourth-order valence-electron chi connectivity index (χ4n) is 3.17. The topological polar surface area (TPSA) is 101 Å². The van der Waals surface area contributed by atoms with Gasteiger partial charge in [0.2, 0.25) is 0 Å². The molecule has 30 heavy (non-hydrogen) atoms. The van der Waals surface area contributed by atoms with Crippen molar-refractivity contribution in [3.8, 4) is 5.75 Å². The molecule has 2 aromatic rings. The molecule has 160 valence electrons. The monoisotopic (exact) mass is 415 g/mol. The fourth-order valence-corrected chi connectivity index (χ4v) is 3.17. The van der Waals surface area contributed by atoms with Crippen molar-refractivity contribution >= 4 is 23.5 Å². The van der Waals surface area contributed by atoms with E-state index in [0.717, 1.165) is 11.4 Å². The summed E-state index contributed by atoms with van der Waals surface area (Å²) in [5.74, 6) is -0.595. The van der Waals surface area contributed by atoms with Crippen molar-refractivity contribution in [3.63, 3.8) is 0 Å². The number of ether oxygens (including phenoxy) is 2. The van der Waals surface area contributed by atoms with E-state index >= 15 is 0 Å². The summed E-state index contributed by atoms with van der Waals surface area (Å²) in [7, 11) is 1.63. The lowest BCUT2D eigenvalue weighted by Crippen LogP contribution is -2.50. The molecule has 1 atom stereocenters. The molecular formula is C21H25N3O6. The van der Waals surface area contributed by atoms with E-state index in [1.54, 1.807) is 18.1 Å². The lowest BCUT2D eigenvalue weighted by molar-refractivity contribution is -0.153. The first-order chi connectivity index (χ1) is 14.5. The zero-order valence-electron chi connectivity index (χ0n) is 17.0. The van der Waals surface area contributed by atoms with Crippen LogP contribution in [0.25, 0.3) is 0 Å². The van der Waals surface area contributed by atoms with Crippen LogP contribution in [0.5, 0.6) is 5.75 Å². The number of rotatable bonds is 7. The highest BCUT2D eigenvalue weighted by atomic mass is 16.5. The quantitative estimate of drug-likeness (QED) is 0.680. The number of carbonyl (C=O) groups is 3. The van der Waals surface area contributed by atoms with Gasteiger partial charge in [-0.1, -0.05) is 12.1 Å². The molecule has 0 radical (unpaired) electrons. The number of esters is 1. The number of furan rings is 1. The van der Waals surface area contributed by atoms with E-state index in [4.69, 9.17) is 13.9 Å². The summed E-state index contributed by atoms with van der Waals surface area (Å²) < 4.78 is 15.4. The molecule has 1 N–H and O–H groups in total. The minimum atomic E-state index is -0.905. The summed E-state index contributed by atoms with van der Waals surface area (Å²) in [6.07, 6.45) is 1.37. The number of carbonyl (C=O) groups excluding carboxylic acids is 3. The number of benzene rings is 1. The largest absolute Gasteiger partial charge is 0.495 e. The van der Waals surface area contributed by atoms with Crippen LogP contribution in [-0.2, 0) is 14.3 Å². The van der Waals surface area contributed by atoms with Gasteiger partial charge in [-0.3, -0.25) is 9.59 Å².